The summed E-state index contributed by atoms with van der Waals surface area (Å²) in [4.78, 5) is 3.83. The van der Waals surface area contributed by atoms with Crippen LogP contribution in [0.4, 0.5) is 4.39 Å². The van der Waals surface area contributed by atoms with Crippen LogP contribution in [-0.2, 0) is 9.47 Å². The van der Waals surface area contributed by atoms with E-state index in [-0.39, 0.29) is 11.9 Å². The van der Waals surface area contributed by atoms with Crippen LogP contribution < -0.4 is 5.32 Å². The summed E-state index contributed by atoms with van der Waals surface area (Å²) in [5.74, 6) is -0.366. The average Bonchev–Trinajstić information content (AvgIpc) is 2.31. The molecule has 0 aromatic carbocycles. The number of ether oxygens (including phenoxy) is 2. The van der Waals surface area contributed by atoms with E-state index in [1.165, 1.54) is 12.3 Å². The molecule has 1 rings (SSSR count). The van der Waals surface area contributed by atoms with Crippen LogP contribution in [0.3, 0.4) is 0 Å². The van der Waals surface area contributed by atoms with Gasteiger partial charge < -0.3 is 14.8 Å². The van der Waals surface area contributed by atoms with Crippen molar-refractivity contribution in [2.45, 2.75) is 26.2 Å². The summed E-state index contributed by atoms with van der Waals surface area (Å²) in [5.41, 5.74) is 0.708. The Hall–Kier alpha value is -1.04. The molecule has 0 saturated heterocycles. The molecule has 0 aliphatic rings. The average molecular weight is 242 g/mol. The molecule has 0 fully saturated rings. The Morgan fingerprint density at radius 3 is 2.41 bits per heavy atom. The number of hydrogen-bond acceptors (Lipinski definition) is 4. The highest BCUT2D eigenvalue weighted by Crippen LogP contribution is 2.20. The van der Waals surface area contributed by atoms with Gasteiger partial charge in [-0.2, -0.15) is 0 Å². The smallest absolute Gasteiger partial charge is 0.176 e. The van der Waals surface area contributed by atoms with Crippen LogP contribution >= 0.6 is 0 Å². The first-order chi connectivity index (χ1) is 8.22. The topological polar surface area (TPSA) is 43.4 Å². The second-order valence-electron chi connectivity index (χ2n) is 3.48. The number of likely N-dealkylation sites (N-methyl/N-ethyl adjacent to an activating group) is 1. The second-order valence-corrected chi connectivity index (χ2v) is 3.48. The molecule has 5 heteroatoms. The van der Waals surface area contributed by atoms with Crippen LogP contribution in [-0.4, -0.2) is 31.5 Å². The lowest BCUT2D eigenvalue weighted by Crippen LogP contribution is -2.34. The predicted octanol–water partition coefficient (Wildman–Crippen LogP) is 1.88. The van der Waals surface area contributed by atoms with Gasteiger partial charge in [-0.05, 0) is 32.5 Å². The zero-order valence-corrected chi connectivity index (χ0v) is 10.4. The molecule has 0 bridgehead atoms. The number of rotatable bonds is 7. The zero-order chi connectivity index (χ0) is 12.7. The Bertz CT molecular complexity index is 330. The second kappa shape index (κ2) is 7.32. The molecule has 0 aliphatic heterocycles. The van der Waals surface area contributed by atoms with Crippen LogP contribution in [0.5, 0.6) is 0 Å². The highest BCUT2D eigenvalue weighted by Gasteiger charge is 2.23. The highest BCUT2D eigenvalue weighted by molar-refractivity contribution is 5.15. The zero-order valence-electron chi connectivity index (χ0n) is 10.4. The molecule has 1 heterocycles. The standard InChI is InChI=1S/C12H19FN2O2/c1-4-16-12(17-5-2)11(14-3)9-6-10(13)8-15-7-9/h6-8,11-12,14H,4-5H2,1-3H3. The minimum atomic E-state index is -0.446. The number of nitrogens with one attached hydrogen (secondary N) is 1. The Kier molecular flexibility index (Phi) is 6.04. The number of pyridine rings is 1. The molecule has 0 saturated carbocycles. The predicted molar refractivity (Wildman–Crippen MR) is 63.0 cm³/mol. The number of halogens is 1. The van der Waals surface area contributed by atoms with Gasteiger partial charge in [-0.15, -0.1) is 0 Å². The van der Waals surface area contributed by atoms with Crippen molar-refractivity contribution >= 4 is 0 Å². The third kappa shape index (κ3) is 4.03. The van der Waals surface area contributed by atoms with Gasteiger partial charge in [0, 0.05) is 19.4 Å². The molecular formula is C12H19FN2O2. The van der Waals surface area contributed by atoms with Gasteiger partial charge in [0.15, 0.2) is 6.29 Å². The number of aromatic nitrogens is 1. The molecule has 0 spiro atoms. The molecule has 1 N–H and O–H groups in total. The van der Waals surface area contributed by atoms with Crippen molar-refractivity contribution in [1.29, 1.82) is 0 Å². The molecule has 1 aromatic heterocycles. The first-order valence-corrected chi connectivity index (χ1v) is 5.73. The van der Waals surface area contributed by atoms with Gasteiger partial charge in [0.25, 0.3) is 0 Å². The molecule has 0 radical (unpaired) electrons. The molecule has 1 unspecified atom stereocenters. The maximum Gasteiger partial charge on any atom is 0.176 e. The summed E-state index contributed by atoms with van der Waals surface area (Å²) >= 11 is 0. The molecule has 0 aliphatic carbocycles. The van der Waals surface area contributed by atoms with Gasteiger partial charge in [-0.3, -0.25) is 4.98 Å². The highest BCUT2D eigenvalue weighted by atomic mass is 19.1. The van der Waals surface area contributed by atoms with E-state index in [1.54, 1.807) is 13.2 Å². The van der Waals surface area contributed by atoms with E-state index in [9.17, 15) is 4.39 Å². The van der Waals surface area contributed by atoms with Crippen molar-refractivity contribution in [3.8, 4) is 0 Å². The van der Waals surface area contributed by atoms with Gasteiger partial charge in [0.2, 0.25) is 0 Å². The van der Waals surface area contributed by atoms with E-state index in [0.717, 1.165) is 0 Å². The lowest BCUT2D eigenvalue weighted by molar-refractivity contribution is -0.154. The summed E-state index contributed by atoms with van der Waals surface area (Å²) < 4.78 is 24.1. The summed E-state index contributed by atoms with van der Waals surface area (Å²) in [6.45, 7) is 4.85. The van der Waals surface area contributed by atoms with Crippen molar-refractivity contribution in [3.05, 3.63) is 29.8 Å². The van der Waals surface area contributed by atoms with E-state index < -0.39 is 6.29 Å². The van der Waals surface area contributed by atoms with E-state index in [0.29, 0.717) is 18.8 Å². The minimum absolute atomic E-state index is 0.238. The minimum Gasteiger partial charge on any atom is -0.351 e. The van der Waals surface area contributed by atoms with E-state index >= 15 is 0 Å². The number of hydrogen-bond donors (Lipinski definition) is 1. The van der Waals surface area contributed by atoms with Gasteiger partial charge in [0.1, 0.15) is 5.82 Å². The van der Waals surface area contributed by atoms with Crippen molar-refractivity contribution in [2.24, 2.45) is 0 Å². The van der Waals surface area contributed by atoms with Gasteiger partial charge in [0.05, 0.1) is 12.2 Å². The Morgan fingerprint density at radius 2 is 1.94 bits per heavy atom. The molecule has 17 heavy (non-hydrogen) atoms. The fourth-order valence-electron chi connectivity index (χ4n) is 1.63. The van der Waals surface area contributed by atoms with Crippen LogP contribution in [0.1, 0.15) is 25.5 Å². The monoisotopic (exact) mass is 242 g/mol. The quantitative estimate of drug-likeness (QED) is 0.741. The van der Waals surface area contributed by atoms with E-state index in [4.69, 9.17) is 9.47 Å². The number of nitrogens with zero attached hydrogens (tertiary/aromatic N) is 1. The maximum atomic E-state index is 13.1. The van der Waals surface area contributed by atoms with Crippen LogP contribution in [0, 0.1) is 5.82 Å². The van der Waals surface area contributed by atoms with Crippen molar-refractivity contribution in [1.82, 2.24) is 10.3 Å². The Balaban J connectivity index is 2.87. The normalized spacial score (nSPS) is 13.0. The lowest BCUT2D eigenvalue weighted by Gasteiger charge is -2.26. The van der Waals surface area contributed by atoms with Crippen molar-refractivity contribution < 1.29 is 13.9 Å². The van der Waals surface area contributed by atoms with E-state index in [2.05, 4.69) is 10.3 Å². The molecule has 4 nitrogen and oxygen atoms in total. The van der Waals surface area contributed by atoms with Gasteiger partial charge in [-0.1, -0.05) is 0 Å². The lowest BCUT2D eigenvalue weighted by atomic mass is 10.1. The van der Waals surface area contributed by atoms with Crippen LogP contribution in [0.2, 0.25) is 0 Å². The first-order valence-electron chi connectivity index (χ1n) is 5.73. The largest absolute Gasteiger partial charge is 0.351 e. The first kappa shape index (κ1) is 14.0. The molecule has 1 atom stereocenters. The summed E-state index contributed by atoms with van der Waals surface area (Å²) in [7, 11) is 1.78. The van der Waals surface area contributed by atoms with Crippen molar-refractivity contribution in [2.75, 3.05) is 20.3 Å². The van der Waals surface area contributed by atoms with Gasteiger partial charge in [-0.25, -0.2) is 4.39 Å². The fourth-order valence-corrected chi connectivity index (χ4v) is 1.63. The summed E-state index contributed by atoms with van der Waals surface area (Å²) in [6.07, 6.45) is 2.33. The summed E-state index contributed by atoms with van der Waals surface area (Å²) in [6, 6.07) is 1.19. The third-order valence-electron chi connectivity index (χ3n) is 2.33. The summed E-state index contributed by atoms with van der Waals surface area (Å²) in [5, 5.41) is 3.06. The maximum absolute atomic E-state index is 13.1. The SMILES string of the molecule is CCOC(OCC)C(NC)c1cncc(F)c1. The fraction of sp³-hybridized carbons (Fsp3) is 0.583. The van der Waals surface area contributed by atoms with Crippen molar-refractivity contribution in [3.63, 3.8) is 0 Å². The van der Waals surface area contributed by atoms with Crippen LogP contribution in [0.25, 0.3) is 0 Å². The van der Waals surface area contributed by atoms with E-state index in [1.807, 2.05) is 13.8 Å². The Morgan fingerprint density at radius 1 is 1.29 bits per heavy atom. The third-order valence-corrected chi connectivity index (χ3v) is 2.33. The molecule has 0 amide bonds. The molecular weight excluding hydrogens is 223 g/mol. The molecule has 96 valence electrons. The molecule has 1 aromatic rings. The van der Waals surface area contributed by atoms with Crippen LogP contribution in [0.15, 0.2) is 18.5 Å². The van der Waals surface area contributed by atoms with Gasteiger partial charge >= 0.3 is 0 Å². The Labute approximate surface area is 101 Å².